The van der Waals surface area contributed by atoms with Gasteiger partial charge in [-0.2, -0.15) is 0 Å². The van der Waals surface area contributed by atoms with Crippen LogP contribution in [-0.2, 0) is 6.42 Å². The molecule has 0 radical (unpaired) electrons. The molecule has 5 nitrogen and oxygen atoms in total. The minimum Gasteiger partial charge on any atom is -0.449 e. The molecule has 0 aliphatic rings. The van der Waals surface area contributed by atoms with Crippen molar-refractivity contribution in [2.24, 2.45) is 0 Å². The monoisotopic (exact) mass is 211 g/mol. The van der Waals surface area contributed by atoms with Crippen LogP contribution in [0.2, 0.25) is 0 Å². The lowest BCUT2D eigenvalue weighted by molar-refractivity contribution is 0.238. The summed E-state index contributed by atoms with van der Waals surface area (Å²) < 4.78 is 5.05. The molecule has 0 aliphatic heterocycles. The second-order valence-electron chi connectivity index (χ2n) is 3.66. The Balaban J connectivity index is 2.19. The van der Waals surface area contributed by atoms with Crippen LogP contribution in [0.15, 0.2) is 10.7 Å². The van der Waals surface area contributed by atoms with E-state index in [9.17, 15) is 4.79 Å². The number of hydrogen-bond acceptors (Lipinski definition) is 3. The van der Waals surface area contributed by atoms with Gasteiger partial charge in [0.25, 0.3) is 0 Å². The third kappa shape index (κ3) is 4.49. The summed E-state index contributed by atoms with van der Waals surface area (Å²) in [6, 6.07) is 0.00418. The molecular weight excluding hydrogens is 194 g/mol. The first-order chi connectivity index (χ1) is 7.08. The largest absolute Gasteiger partial charge is 0.449 e. The number of hydrogen-bond donors (Lipinski definition) is 2. The van der Waals surface area contributed by atoms with Gasteiger partial charge < -0.3 is 15.1 Å². The Morgan fingerprint density at radius 3 is 2.87 bits per heavy atom. The van der Waals surface area contributed by atoms with Gasteiger partial charge >= 0.3 is 6.03 Å². The van der Waals surface area contributed by atoms with Crippen molar-refractivity contribution >= 4 is 6.03 Å². The van der Waals surface area contributed by atoms with Gasteiger partial charge in [-0.25, -0.2) is 9.78 Å². The molecule has 0 aromatic carbocycles. The first kappa shape index (κ1) is 11.6. The quantitative estimate of drug-likeness (QED) is 0.787. The van der Waals surface area contributed by atoms with Gasteiger partial charge in [0.15, 0.2) is 5.89 Å². The van der Waals surface area contributed by atoms with E-state index in [0.29, 0.717) is 18.9 Å². The van der Waals surface area contributed by atoms with E-state index in [0.717, 1.165) is 5.69 Å². The first-order valence-corrected chi connectivity index (χ1v) is 5.03. The van der Waals surface area contributed by atoms with Crippen molar-refractivity contribution in [3.05, 3.63) is 17.8 Å². The minimum absolute atomic E-state index is 0.148. The molecule has 2 amide bonds. The number of nitrogens with one attached hydrogen (secondary N) is 2. The van der Waals surface area contributed by atoms with Crippen molar-refractivity contribution in [3.63, 3.8) is 0 Å². The maximum atomic E-state index is 11.2. The van der Waals surface area contributed by atoms with Crippen molar-refractivity contribution in [3.8, 4) is 0 Å². The zero-order valence-corrected chi connectivity index (χ0v) is 9.33. The van der Waals surface area contributed by atoms with Gasteiger partial charge in [-0.05, 0) is 13.8 Å². The molecule has 1 heterocycles. The number of amides is 2. The molecular formula is C10H17N3O2. The van der Waals surface area contributed by atoms with Crippen LogP contribution in [0.25, 0.3) is 0 Å². The van der Waals surface area contributed by atoms with Crippen molar-refractivity contribution in [2.45, 2.75) is 33.2 Å². The van der Waals surface area contributed by atoms with Crippen LogP contribution in [-0.4, -0.2) is 23.6 Å². The topological polar surface area (TPSA) is 67.2 Å². The van der Waals surface area contributed by atoms with Crippen molar-refractivity contribution in [1.82, 2.24) is 15.6 Å². The lowest BCUT2D eigenvalue weighted by Crippen LogP contribution is -2.40. The van der Waals surface area contributed by atoms with Crippen molar-refractivity contribution in [1.29, 1.82) is 0 Å². The third-order valence-corrected chi connectivity index (χ3v) is 1.75. The molecule has 1 aromatic heterocycles. The average Bonchev–Trinajstić information content (AvgIpc) is 2.50. The second kappa shape index (κ2) is 5.38. The van der Waals surface area contributed by atoms with Gasteiger partial charge in [0, 0.05) is 25.9 Å². The number of urea groups is 1. The van der Waals surface area contributed by atoms with Crippen LogP contribution in [0.4, 0.5) is 4.79 Å². The highest BCUT2D eigenvalue weighted by Crippen LogP contribution is 1.99. The van der Waals surface area contributed by atoms with Crippen LogP contribution < -0.4 is 10.6 Å². The summed E-state index contributed by atoms with van der Waals surface area (Å²) in [6.45, 7) is 6.19. The molecule has 2 N–H and O–H groups in total. The molecule has 0 atom stereocenters. The van der Waals surface area contributed by atoms with Crippen LogP contribution in [0.5, 0.6) is 0 Å². The average molecular weight is 211 g/mol. The van der Waals surface area contributed by atoms with Crippen molar-refractivity contribution < 1.29 is 9.21 Å². The Labute approximate surface area is 89.3 Å². The fourth-order valence-electron chi connectivity index (χ4n) is 1.14. The number of rotatable bonds is 4. The number of oxazole rings is 1. The molecule has 0 bridgehead atoms. The Morgan fingerprint density at radius 1 is 1.60 bits per heavy atom. The summed E-state index contributed by atoms with van der Waals surface area (Å²) in [5.74, 6) is 0.650. The number of nitrogens with zero attached hydrogens (tertiary/aromatic N) is 1. The summed E-state index contributed by atoms with van der Waals surface area (Å²) in [5, 5.41) is 5.48. The molecule has 5 heteroatoms. The van der Waals surface area contributed by atoms with E-state index >= 15 is 0 Å². The fraction of sp³-hybridized carbons (Fsp3) is 0.600. The predicted molar refractivity (Wildman–Crippen MR) is 56.6 cm³/mol. The summed E-state index contributed by atoms with van der Waals surface area (Å²) in [5.41, 5.74) is 0.859. The standard InChI is InChI=1S/C10H17N3O2/c1-7(2)12-10(14)11-5-4-9-6-15-8(3)13-9/h6-7H,4-5H2,1-3H3,(H2,11,12,14). The molecule has 0 saturated carbocycles. The second-order valence-corrected chi connectivity index (χ2v) is 3.66. The Morgan fingerprint density at radius 2 is 2.33 bits per heavy atom. The van der Waals surface area contributed by atoms with E-state index in [4.69, 9.17) is 4.42 Å². The highest BCUT2D eigenvalue weighted by Gasteiger charge is 2.03. The highest BCUT2D eigenvalue weighted by atomic mass is 16.3. The third-order valence-electron chi connectivity index (χ3n) is 1.75. The SMILES string of the molecule is Cc1nc(CCNC(=O)NC(C)C)co1. The van der Waals surface area contributed by atoms with E-state index in [1.54, 1.807) is 13.2 Å². The summed E-state index contributed by atoms with van der Waals surface area (Å²) in [7, 11) is 0. The van der Waals surface area contributed by atoms with Gasteiger partial charge in [0.2, 0.25) is 0 Å². The van der Waals surface area contributed by atoms with Crippen molar-refractivity contribution in [2.75, 3.05) is 6.54 Å². The van der Waals surface area contributed by atoms with Crippen LogP contribution in [0.3, 0.4) is 0 Å². The van der Waals surface area contributed by atoms with Gasteiger partial charge in [-0.3, -0.25) is 0 Å². The van der Waals surface area contributed by atoms with Gasteiger partial charge in [-0.1, -0.05) is 0 Å². The molecule has 1 rings (SSSR count). The highest BCUT2D eigenvalue weighted by molar-refractivity contribution is 5.74. The van der Waals surface area contributed by atoms with E-state index in [2.05, 4.69) is 15.6 Å². The minimum atomic E-state index is -0.148. The Kier molecular flexibility index (Phi) is 4.15. The van der Waals surface area contributed by atoms with Crippen LogP contribution in [0.1, 0.15) is 25.4 Å². The van der Waals surface area contributed by atoms with Gasteiger partial charge in [-0.15, -0.1) is 0 Å². The molecule has 0 fully saturated rings. The maximum Gasteiger partial charge on any atom is 0.314 e. The molecule has 0 unspecified atom stereocenters. The number of aromatic nitrogens is 1. The summed E-state index contributed by atoms with van der Waals surface area (Å²) in [4.78, 5) is 15.3. The smallest absolute Gasteiger partial charge is 0.314 e. The molecule has 1 aromatic rings. The fourth-order valence-corrected chi connectivity index (χ4v) is 1.14. The Bertz CT molecular complexity index is 320. The lowest BCUT2D eigenvalue weighted by atomic mass is 10.3. The Hall–Kier alpha value is -1.52. The molecule has 0 spiro atoms. The zero-order valence-electron chi connectivity index (χ0n) is 9.33. The molecule has 0 aliphatic carbocycles. The molecule has 0 saturated heterocycles. The number of aryl methyl sites for hydroxylation is 1. The normalized spacial score (nSPS) is 10.4. The first-order valence-electron chi connectivity index (χ1n) is 5.03. The van der Waals surface area contributed by atoms with E-state index < -0.39 is 0 Å². The van der Waals surface area contributed by atoms with E-state index in [-0.39, 0.29) is 12.1 Å². The van der Waals surface area contributed by atoms with Crippen LogP contribution >= 0.6 is 0 Å². The maximum absolute atomic E-state index is 11.2. The van der Waals surface area contributed by atoms with E-state index in [1.807, 2.05) is 13.8 Å². The summed E-state index contributed by atoms with van der Waals surface area (Å²) >= 11 is 0. The summed E-state index contributed by atoms with van der Waals surface area (Å²) in [6.07, 6.45) is 2.29. The van der Waals surface area contributed by atoms with Gasteiger partial charge in [0.05, 0.1) is 5.69 Å². The number of carbonyl (C=O) groups is 1. The zero-order chi connectivity index (χ0) is 11.3. The number of carbonyl (C=O) groups excluding carboxylic acids is 1. The lowest BCUT2D eigenvalue weighted by Gasteiger charge is -2.08. The molecule has 84 valence electrons. The van der Waals surface area contributed by atoms with Crippen LogP contribution in [0, 0.1) is 6.92 Å². The van der Waals surface area contributed by atoms with E-state index in [1.165, 1.54) is 0 Å². The predicted octanol–water partition coefficient (Wildman–Crippen LogP) is 1.23. The molecule has 15 heavy (non-hydrogen) atoms. The van der Waals surface area contributed by atoms with Gasteiger partial charge in [0.1, 0.15) is 6.26 Å².